The number of rotatable bonds is 6. The summed E-state index contributed by atoms with van der Waals surface area (Å²) in [5, 5.41) is 3.21. The maximum Gasteiger partial charge on any atom is 0.145 e. The third-order valence-corrected chi connectivity index (χ3v) is 1.90. The van der Waals surface area contributed by atoms with Crippen LogP contribution in [0, 0.1) is 0 Å². The van der Waals surface area contributed by atoms with E-state index < -0.39 is 0 Å². The van der Waals surface area contributed by atoms with Gasteiger partial charge in [0.25, 0.3) is 0 Å². The van der Waals surface area contributed by atoms with Crippen molar-refractivity contribution in [2.24, 2.45) is 5.84 Å². The van der Waals surface area contributed by atoms with Crippen molar-refractivity contribution in [2.45, 2.75) is 26.2 Å². The van der Waals surface area contributed by atoms with Crippen LogP contribution >= 0.6 is 0 Å². The third kappa shape index (κ3) is 3.57. The zero-order valence-electron chi connectivity index (χ0n) is 8.45. The summed E-state index contributed by atoms with van der Waals surface area (Å²) >= 11 is 0. The van der Waals surface area contributed by atoms with Gasteiger partial charge in [-0.2, -0.15) is 0 Å². The van der Waals surface area contributed by atoms with E-state index in [0.29, 0.717) is 5.82 Å². The molecule has 0 atom stereocenters. The van der Waals surface area contributed by atoms with E-state index in [-0.39, 0.29) is 0 Å². The Hall–Kier alpha value is -1.36. The van der Waals surface area contributed by atoms with Gasteiger partial charge in [0, 0.05) is 12.6 Å². The maximum atomic E-state index is 5.23. The molecule has 1 heterocycles. The van der Waals surface area contributed by atoms with Gasteiger partial charge in [-0.05, 0) is 6.42 Å². The zero-order chi connectivity index (χ0) is 10.2. The molecule has 0 saturated heterocycles. The minimum absolute atomic E-state index is 0.623. The molecule has 1 aromatic rings. The van der Waals surface area contributed by atoms with Crippen LogP contribution in [0.2, 0.25) is 0 Å². The lowest BCUT2D eigenvalue weighted by Gasteiger charge is -2.05. The first kappa shape index (κ1) is 10.7. The SMILES string of the molecule is CCCCCNc1cc(NN)ncn1. The van der Waals surface area contributed by atoms with Crippen LogP contribution in [-0.4, -0.2) is 16.5 Å². The Morgan fingerprint density at radius 1 is 1.29 bits per heavy atom. The Balaban J connectivity index is 2.34. The van der Waals surface area contributed by atoms with E-state index in [1.165, 1.54) is 19.2 Å². The van der Waals surface area contributed by atoms with E-state index in [1.807, 2.05) is 0 Å². The molecule has 0 saturated carbocycles. The molecule has 0 fully saturated rings. The molecular formula is C9H17N5. The van der Waals surface area contributed by atoms with Gasteiger partial charge in [-0.1, -0.05) is 19.8 Å². The molecule has 0 amide bonds. The van der Waals surface area contributed by atoms with Crippen molar-refractivity contribution in [3.63, 3.8) is 0 Å². The molecule has 1 aromatic heterocycles. The Morgan fingerprint density at radius 2 is 2.07 bits per heavy atom. The van der Waals surface area contributed by atoms with Gasteiger partial charge in [0.1, 0.15) is 18.0 Å². The van der Waals surface area contributed by atoms with E-state index >= 15 is 0 Å². The normalized spacial score (nSPS) is 9.86. The predicted molar refractivity (Wildman–Crippen MR) is 57.9 cm³/mol. The average molecular weight is 195 g/mol. The number of unbranched alkanes of at least 4 members (excludes halogenated alkanes) is 2. The molecule has 1 rings (SSSR count). The molecular weight excluding hydrogens is 178 g/mol. The largest absolute Gasteiger partial charge is 0.370 e. The molecule has 5 heteroatoms. The molecule has 0 spiro atoms. The number of nitrogens with two attached hydrogens (primary N) is 1. The van der Waals surface area contributed by atoms with Crippen LogP contribution in [0.25, 0.3) is 0 Å². The van der Waals surface area contributed by atoms with Gasteiger partial charge in [-0.3, -0.25) is 0 Å². The van der Waals surface area contributed by atoms with Gasteiger partial charge in [0.05, 0.1) is 0 Å². The second-order valence-electron chi connectivity index (χ2n) is 3.07. The fraction of sp³-hybridized carbons (Fsp3) is 0.556. The molecule has 4 N–H and O–H groups in total. The Labute approximate surface area is 84.1 Å². The summed E-state index contributed by atoms with van der Waals surface area (Å²) in [5.41, 5.74) is 2.48. The minimum atomic E-state index is 0.623. The van der Waals surface area contributed by atoms with E-state index in [1.54, 1.807) is 6.07 Å². The van der Waals surface area contributed by atoms with Crippen LogP contribution in [0.15, 0.2) is 12.4 Å². The zero-order valence-corrected chi connectivity index (χ0v) is 8.45. The summed E-state index contributed by atoms with van der Waals surface area (Å²) in [6, 6.07) is 1.78. The van der Waals surface area contributed by atoms with E-state index in [9.17, 15) is 0 Å². The highest BCUT2D eigenvalue weighted by Crippen LogP contribution is 2.07. The van der Waals surface area contributed by atoms with Gasteiger partial charge in [-0.15, -0.1) is 0 Å². The number of aromatic nitrogens is 2. The van der Waals surface area contributed by atoms with Gasteiger partial charge in [0.2, 0.25) is 0 Å². The summed E-state index contributed by atoms with van der Waals surface area (Å²) < 4.78 is 0. The van der Waals surface area contributed by atoms with Crippen molar-refractivity contribution >= 4 is 11.6 Å². The lowest BCUT2D eigenvalue weighted by molar-refractivity contribution is 0.742. The van der Waals surface area contributed by atoms with E-state index in [0.717, 1.165) is 18.8 Å². The van der Waals surface area contributed by atoms with Crippen molar-refractivity contribution in [1.82, 2.24) is 9.97 Å². The summed E-state index contributed by atoms with van der Waals surface area (Å²) in [6.07, 6.45) is 5.10. The standard InChI is InChI=1S/C9H17N5/c1-2-3-4-5-11-8-6-9(14-10)13-7-12-8/h6-7H,2-5,10H2,1H3,(H2,11,12,13,14). The molecule has 0 aromatic carbocycles. The average Bonchev–Trinajstić information content (AvgIpc) is 2.25. The Bertz CT molecular complexity index is 263. The van der Waals surface area contributed by atoms with Gasteiger partial charge < -0.3 is 10.7 Å². The Morgan fingerprint density at radius 3 is 2.79 bits per heavy atom. The first-order valence-corrected chi connectivity index (χ1v) is 4.89. The minimum Gasteiger partial charge on any atom is -0.370 e. The maximum absolute atomic E-state index is 5.23. The van der Waals surface area contributed by atoms with Crippen LogP contribution < -0.4 is 16.6 Å². The number of hydrazine groups is 1. The fourth-order valence-corrected chi connectivity index (χ4v) is 1.12. The molecule has 0 radical (unpaired) electrons. The van der Waals surface area contributed by atoms with Crippen molar-refractivity contribution in [3.05, 3.63) is 12.4 Å². The highest BCUT2D eigenvalue weighted by atomic mass is 15.3. The molecule has 0 bridgehead atoms. The fourth-order valence-electron chi connectivity index (χ4n) is 1.12. The summed E-state index contributed by atoms with van der Waals surface area (Å²) in [6.45, 7) is 3.12. The summed E-state index contributed by atoms with van der Waals surface area (Å²) in [7, 11) is 0. The first-order valence-electron chi connectivity index (χ1n) is 4.89. The highest BCUT2D eigenvalue weighted by molar-refractivity contribution is 5.45. The van der Waals surface area contributed by atoms with Crippen LogP contribution in [0.4, 0.5) is 11.6 Å². The summed E-state index contributed by atoms with van der Waals surface area (Å²) in [5.74, 6) is 6.66. The molecule has 0 unspecified atom stereocenters. The van der Waals surface area contributed by atoms with Crippen molar-refractivity contribution in [2.75, 3.05) is 17.3 Å². The second kappa shape index (κ2) is 6.15. The molecule has 78 valence electrons. The number of anilines is 2. The topological polar surface area (TPSA) is 75.9 Å². The number of hydrogen-bond donors (Lipinski definition) is 3. The number of nitrogens with zero attached hydrogens (tertiary/aromatic N) is 2. The number of hydrogen-bond acceptors (Lipinski definition) is 5. The molecule has 5 nitrogen and oxygen atoms in total. The van der Waals surface area contributed by atoms with Gasteiger partial charge in [-0.25, -0.2) is 15.8 Å². The van der Waals surface area contributed by atoms with Crippen LogP contribution in [0.1, 0.15) is 26.2 Å². The van der Waals surface area contributed by atoms with E-state index in [4.69, 9.17) is 5.84 Å². The number of nitrogens with one attached hydrogen (secondary N) is 2. The van der Waals surface area contributed by atoms with Crippen LogP contribution in [0.5, 0.6) is 0 Å². The highest BCUT2D eigenvalue weighted by Gasteiger charge is 1.95. The monoisotopic (exact) mass is 195 g/mol. The molecule has 14 heavy (non-hydrogen) atoms. The van der Waals surface area contributed by atoms with Crippen LogP contribution in [0.3, 0.4) is 0 Å². The third-order valence-electron chi connectivity index (χ3n) is 1.90. The Kier molecular flexibility index (Phi) is 4.71. The smallest absolute Gasteiger partial charge is 0.145 e. The lowest BCUT2D eigenvalue weighted by Crippen LogP contribution is -2.10. The van der Waals surface area contributed by atoms with Gasteiger partial charge in [0.15, 0.2) is 0 Å². The molecule has 0 aliphatic rings. The number of nitrogen functional groups attached to an aromatic ring is 1. The lowest BCUT2D eigenvalue weighted by atomic mass is 10.2. The van der Waals surface area contributed by atoms with Crippen molar-refractivity contribution in [3.8, 4) is 0 Å². The second-order valence-corrected chi connectivity index (χ2v) is 3.07. The molecule has 0 aliphatic heterocycles. The van der Waals surface area contributed by atoms with E-state index in [2.05, 4.69) is 27.6 Å². The quantitative estimate of drug-likeness (QED) is 0.363. The van der Waals surface area contributed by atoms with Gasteiger partial charge >= 0.3 is 0 Å². The van der Waals surface area contributed by atoms with Crippen molar-refractivity contribution in [1.29, 1.82) is 0 Å². The molecule has 0 aliphatic carbocycles. The first-order chi connectivity index (χ1) is 6.86. The van der Waals surface area contributed by atoms with Crippen molar-refractivity contribution < 1.29 is 0 Å². The predicted octanol–water partition coefficient (Wildman–Crippen LogP) is 1.36. The van der Waals surface area contributed by atoms with Crippen LogP contribution in [-0.2, 0) is 0 Å². The summed E-state index contributed by atoms with van der Waals surface area (Å²) in [4.78, 5) is 7.98.